The Labute approximate surface area is 119 Å². The maximum Gasteiger partial charge on any atom is 0.416 e. The number of halogens is 5. The molecular weight excluding hydrogens is 328 g/mol. The highest BCUT2D eigenvalue weighted by Crippen LogP contribution is 2.33. The minimum atomic E-state index is -4.31. The summed E-state index contributed by atoms with van der Waals surface area (Å²) in [5, 5.41) is -0.0574. The third kappa shape index (κ3) is 4.81. The van der Waals surface area contributed by atoms with Crippen LogP contribution in [0, 0.1) is 5.92 Å². The molecule has 0 aliphatic rings. The first kappa shape index (κ1) is 15.8. The standard InChI is InChI=1S/C13H15BrClF3/c1-8(2)5-11(15)6-9-3-4-10(7-12(9)14)13(16,17)18/h3-4,7-8,11H,5-6H2,1-2H3. The maximum absolute atomic E-state index is 12.5. The Balaban J connectivity index is 2.80. The highest BCUT2D eigenvalue weighted by molar-refractivity contribution is 9.10. The average molecular weight is 344 g/mol. The van der Waals surface area contributed by atoms with Gasteiger partial charge >= 0.3 is 6.18 Å². The van der Waals surface area contributed by atoms with Crippen LogP contribution < -0.4 is 0 Å². The number of benzene rings is 1. The molecule has 5 heteroatoms. The third-order valence-corrected chi connectivity index (χ3v) is 3.62. The summed E-state index contributed by atoms with van der Waals surface area (Å²) in [4.78, 5) is 0. The Kier molecular flexibility index (Phi) is 5.53. The molecule has 0 heterocycles. The molecule has 0 amide bonds. The van der Waals surface area contributed by atoms with E-state index >= 15 is 0 Å². The first-order chi connectivity index (χ1) is 8.20. The van der Waals surface area contributed by atoms with E-state index in [1.807, 2.05) is 0 Å². The highest BCUT2D eigenvalue weighted by atomic mass is 79.9. The van der Waals surface area contributed by atoms with Gasteiger partial charge in [-0.15, -0.1) is 11.6 Å². The van der Waals surface area contributed by atoms with E-state index in [4.69, 9.17) is 11.6 Å². The van der Waals surface area contributed by atoms with Gasteiger partial charge in [-0.25, -0.2) is 0 Å². The highest BCUT2D eigenvalue weighted by Gasteiger charge is 2.30. The molecule has 1 atom stereocenters. The van der Waals surface area contributed by atoms with Gasteiger partial charge in [-0.2, -0.15) is 13.2 Å². The molecule has 0 fully saturated rings. The third-order valence-electron chi connectivity index (χ3n) is 2.55. The SMILES string of the molecule is CC(C)CC(Cl)Cc1ccc(C(F)(F)F)cc1Br. The van der Waals surface area contributed by atoms with E-state index < -0.39 is 11.7 Å². The number of alkyl halides is 4. The van der Waals surface area contributed by atoms with E-state index in [1.54, 1.807) is 0 Å². The Morgan fingerprint density at radius 2 is 1.89 bits per heavy atom. The van der Waals surface area contributed by atoms with Crippen LogP contribution in [-0.4, -0.2) is 5.38 Å². The summed E-state index contributed by atoms with van der Waals surface area (Å²) in [7, 11) is 0. The van der Waals surface area contributed by atoms with Crippen LogP contribution in [0.3, 0.4) is 0 Å². The van der Waals surface area contributed by atoms with Gasteiger partial charge in [0.1, 0.15) is 0 Å². The van der Waals surface area contributed by atoms with Gasteiger partial charge in [0, 0.05) is 9.85 Å². The van der Waals surface area contributed by atoms with Crippen LogP contribution in [0.2, 0.25) is 0 Å². The topological polar surface area (TPSA) is 0 Å². The zero-order valence-corrected chi connectivity index (χ0v) is 12.5. The normalized spacial score (nSPS) is 14.0. The van der Waals surface area contributed by atoms with Crippen molar-refractivity contribution in [1.29, 1.82) is 0 Å². The van der Waals surface area contributed by atoms with Crippen molar-refractivity contribution in [3.8, 4) is 0 Å². The lowest BCUT2D eigenvalue weighted by Gasteiger charge is -2.14. The van der Waals surface area contributed by atoms with Gasteiger partial charge < -0.3 is 0 Å². The Morgan fingerprint density at radius 1 is 1.28 bits per heavy atom. The van der Waals surface area contributed by atoms with E-state index in [-0.39, 0.29) is 5.38 Å². The fourth-order valence-electron chi connectivity index (χ4n) is 1.72. The van der Waals surface area contributed by atoms with Crippen molar-refractivity contribution in [2.45, 2.75) is 38.2 Å². The van der Waals surface area contributed by atoms with Crippen molar-refractivity contribution in [3.63, 3.8) is 0 Å². The van der Waals surface area contributed by atoms with Gasteiger partial charge in [-0.05, 0) is 36.5 Å². The van der Waals surface area contributed by atoms with Crippen molar-refractivity contribution < 1.29 is 13.2 Å². The molecule has 0 spiro atoms. The minimum absolute atomic E-state index is 0.0574. The first-order valence-electron chi connectivity index (χ1n) is 5.70. The van der Waals surface area contributed by atoms with Gasteiger partial charge in [-0.3, -0.25) is 0 Å². The summed E-state index contributed by atoms with van der Waals surface area (Å²) < 4.78 is 37.9. The van der Waals surface area contributed by atoms with Crippen LogP contribution in [0.4, 0.5) is 13.2 Å². The van der Waals surface area contributed by atoms with Crippen LogP contribution in [0.15, 0.2) is 22.7 Å². The van der Waals surface area contributed by atoms with E-state index in [2.05, 4.69) is 29.8 Å². The zero-order chi connectivity index (χ0) is 13.9. The quantitative estimate of drug-likeness (QED) is 0.618. The average Bonchev–Trinajstić information content (AvgIpc) is 2.18. The van der Waals surface area contributed by atoms with Gasteiger partial charge in [0.25, 0.3) is 0 Å². The molecule has 0 N–H and O–H groups in total. The van der Waals surface area contributed by atoms with Crippen molar-refractivity contribution in [1.82, 2.24) is 0 Å². The Morgan fingerprint density at radius 3 is 2.33 bits per heavy atom. The fraction of sp³-hybridized carbons (Fsp3) is 0.538. The van der Waals surface area contributed by atoms with Gasteiger partial charge in [-0.1, -0.05) is 35.8 Å². The molecule has 0 nitrogen and oxygen atoms in total. The van der Waals surface area contributed by atoms with Crippen LogP contribution in [-0.2, 0) is 12.6 Å². The number of hydrogen-bond acceptors (Lipinski definition) is 0. The van der Waals surface area contributed by atoms with Crippen molar-refractivity contribution >= 4 is 27.5 Å². The molecule has 0 saturated carbocycles. The molecule has 1 aromatic rings. The van der Waals surface area contributed by atoms with Crippen LogP contribution in [0.5, 0.6) is 0 Å². The predicted octanol–water partition coefficient (Wildman–Crippen LogP) is 5.66. The lowest BCUT2D eigenvalue weighted by molar-refractivity contribution is -0.137. The van der Waals surface area contributed by atoms with Crippen molar-refractivity contribution in [2.24, 2.45) is 5.92 Å². The smallest absolute Gasteiger partial charge is 0.166 e. The maximum atomic E-state index is 12.5. The molecule has 1 unspecified atom stereocenters. The van der Waals surface area contributed by atoms with E-state index in [0.29, 0.717) is 16.8 Å². The lowest BCUT2D eigenvalue weighted by atomic mass is 10.0. The molecule has 0 aliphatic heterocycles. The fourth-order valence-corrected chi connectivity index (χ4v) is 2.79. The minimum Gasteiger partial charge on any atom is -0.166 e. The first-order valence-corrected chi connectivity index (χ1v) is 6.92. The van der Waals surface area contributed by atoms with E-state index in [0.717, 1.165) is 24.1 Å². The van der Waals surface area contributed by atoms with E-state index in [9.17, 15) is 13.2 Å². The molecule has 0 saturated heterocycles. The number of hydrogen-bond donors (Lipinski definition) is 0. The Hall–Kier alpha value is -0.220. The predicted molar refractivity (Wildman–Crippen MR) is 71.9 cm³/mol. The zero-order valence-electron chi connectivity index (χ0n) is 10.2. The van der Waals surface area contributed by atoms with Crippen molar-refractivity contribution in [3.05, 3.63) is 33.8 Å². The summed E-state index contributed by atoms with van der Waals surface area (Å²) in [6, 6.07) is 3.69. The van der Waals surface area contributed by atoms with E-state index in [1.165, 1.54) is 6.07 Å². The molecule has 18 heavy (non-hydrogen) atoms. The molecule has 1 aromatic carbocycles. The molecular formula is C13H15BrClF3. The summed E-state index contributed by atoms with van der Waals surface area (Å²) in [6.07, 6.45) is -2.90. The van der Waals surface area contributed by atoms with Crippen LogP contribution >= 0.6 is 27.5 Å². The summed E-state index contributed by atoms with van der Waals surface area (Å²) in [5.41, 5.74) is 0.164. The summed E-state index contributed by atoms with van der Waals surface area (Å²) in [6.45, 7) is 4.13. The molecule has 0 aromatic heterocycles. The largest absolute Gasteiger partial charge is 0.416 e. The Bertz CT molecular complexity index is 402. The molecule has 102 valence electrons. The number of rotatable bonds is 4. The molecule has 1 rings (SSSR count). The summed E-state index contributed by atoms with van der Waals surface area (Å²) >= 11 is 9.34. The van der Waals surface area contributed by atoms with Crippen LogP contribution in [0.1, 0.15) is 31.4 Å². The second-order valence-electron chi connectivity index (χ2n) is 4.73. The van der Waals surface area contributed by atoms with Gasteiger partial charge in [0.2, 0.25) is 0 Å². The second kappa shape index (κ2) is 6.29. The van der Waals surface area contributed by atoms with Gasteiger partial charge in [0.05, 0.1) is 5.56 Å². The summed E-state index contributed by atoms with van der Waals surface area (Å²) in [5.74, 6) is 0.473. The van der Waals surface area contributed by atoms with Crippen molar-refractivity contribution in [2.75, 3.05) is 0 Å². The lowest BCUT2D eigenvalue weighted by Crippen LogP contribution is -2.09. The molecule has 0 radical (unpaired) electrons. The molecule has 0 aliphatic carbocycles. The molecule has 0 bridgehead atoms. The monoisotopic (exact) mass is 342 g/mol. The second-order valence-corrected chi connectivity index (χ2v) is 6.21. The van der Waals surface area contributed by atoms with Gasteiger partial charge in [0.15, 0.2) is 0 Å². The van der Waals surface area contributed by atoms with Crippen LogP contribution in [0.25, 0.3) is 0 Å².